The summed E-state index contributed by atoms with van der Waals surface area (Å²) in [7, 11) is 0. The first-order valence-corrected chi connectivity index (χ1v) is 6.41. The van der Waals surface area contributed by atoms with Gasteiger partial charge in [0.15, 0.2) is 0 Å². The van der Waals surface area contributed by atoms with Crippen molar-refractivity contribution in [3.05, 3.63) is 28.2 Å². The highest BCUT2D eigenvalue weighted by Gasteiger charge is 2.18. The Morgan fingerprint density at radius 1 is 1.30 bits per heavy atom. The first-order chi connectivity index (χ1) is 9.31. The van der Waals surface area contributed by atoms with Crippen LogP contribution in [0.2, 0.25) is 0 Å². The number of halogens is 1. The average molecular weight is 345 g/mol. The summed E-state index contributed by atoms with van der Waals surface area (Å²) in [5.74, 6) is -2.87. The maximum atomic E-state index is 11.8. The number of hydrogen-bond donors (Lipinski definition) is 4. The molecule has 1 aromatic carbocycles. The van der Waals surface area contributed by atoms with Crippen LogP contribution in [0.4, 0.5) is 5.69 Å². The molecule has 0 radical (unpaired) electrons. The van der Waals surface area contributed by atoms with Gasteiger partial charge in [-0.25, -0.2) is 4.79 Å². The lowest BCUT2D eigenvalue weighted by molar-refractivity contribution is -0.137. The van der Waals surface area contributed by atoms with Crippen LogP contribution < -0.4 is 11.1 Å². The number of aliphatic carboxylic acids is 1. The van der Waals surface area contributed by atoms with Crippen molar-refractivity contribution in [1.29, 1.82) is 0 Å². The number of nitrogens with one attached hydrogen (secondary N) is 1. The number of carboxylic acids is 2. The monoisotopic (exact) mass is 344 g/mol. The van der Waals surface area contributed by atoms with Gasteiger partial charge in [-0.15, -0.1) is 0 Å². The van der Waals surface area contributed by atoms with Gasteiger partial charge in [-0.1, -0.05) is 15.9 Å². The molecule has 0 fully saturated rings. The van der Waals surface area contributed by atoms with Crippen molar-refractivity contribution < 1.29 is 24.6 Å². The Morgan fingerprint density at radius 3 is 2.50 bits per heavy atom. The third kappa shape index (κ3) is 4.63. The van der Waals surface area contributed by atoms with Gasteiger partial charge < -0.3 is 21.3 Å². The molecule has 0 aliphatic heterocycles. The molecule has 0 saturated carbocycles. The summed E-state index contributed by atoms with van der Waals surface area (Å²) >= 11 is 3.17. The molecule has 1 rings (SSSR count). The minimum absolute atomic E-state index is 0.0302. The van der Waals surface area contributed by atoms with Crippen molar-refractivity contribution in [1.82, 2.24) is 0 Å². The number of amides is 1. The van der Waals surface area contributed by atoms with Gasteiger partial charge >= 0.3 is 11.9 Å². The molecule has 20 heavy (non-hydrogen) atoms. The summed E-state index contributed by atoms with van der Waals surface area (Å²) in [4.78, 5) is 33.2. The Balaban J connectivity index is 2.81. The second-order valence-electron chi connectivity index (χ2n) is 4.02. The zero-order chi connectivity index (χ0) is 15.3. The van der Waals surface area contributed by atoms with Gasteiger partial charge in [-0.05, 0) is 24.6 Å². The van der Waals surface area contributed by atoms with Gasteiger partial charge in [0.05, 0.1) is 17.3 Å². The van der Waals surface area contributed by atoms with Crippen LogP contribution in [0.1, 0.15) is 23.2 Å². The topological polar surface area (TPSA) is 130 Å². The van der Waals surface area contributed by atoms with E-state index in [1.54, 1.807) is 0 Å². The maximum Gasteiger partial charge on any atom is 0.337 e. The molecule has 0 spiro atoms. The molecule has 5 N–H and O–H groups in total. The Labute approximate surface area is 122 Å². The first kappa shape index (κ1) is 16.1. The second-order valence-corrected chi connectivity index (χ2v) is 4.94. The Bertz CT molecular complexity index is 547. The lowest BCUT2D eigenvalue weighted by Crippen LogP contribution is -2.36. The summed E-state index contributed by atoms with van der Waals surface area (Å²) < 4.78 is 0.594. The quantitative estimate of drug-likeness (QED) is 0.614. The number of nitrogens with two attached hydrogens (primary N) is 1. The number of anilines is 1. The van der Waals surface area contributed by atoms with Crippen molar-refractivity contribution in [2.45, 2.75) is 18.9 Å². The van der Waals surface area contributed by atoms with Crippen molar-refractivity contribution in [2.24, 2.45) is 5.73 Å². The molecule has 1 atom stereocenters. The fourth-order valence-electron chi connectivity index (χ4n) is 1.44. The number of rotatable bonds is 6. The Kier molecular flexibility index (Phi) is 5.66. The number of benzene rings is 1. The number of hydrogen-bond acceptors (Lipinski definition) is 4. The van der Waals surface area contributed by atoms with E-state index in [1.165, 1.54) is 18.2 Å². The maximum absolute atomic E-state index is 11.8. The lowest BCUT2D eigenvalue weighted by Gasteiger charge is -2.13. The van der Waals surface area contributed by atoms with Gasteiger partial charge in [0.1, 0.15) is 0 Å². The summed E-state index contributed by atoms with van der Waals surface area (Å²) in [5, 5.41) is 19.9. The highest BCUT2D eigenvalue weighted by molar-refractivity contribution is 9.10. The third-order valence-corrected chi connectivity index (χ3v) is 2.97. The van der Waals surface area contributed by atoms with Crippen LogP contribution in [0.3, 0.4) is 0 Å². The zero-order valence-electron chi connectivity index (χ0n) is 10.3. The molecule has 0 aromatic heterocycles. The SMILES string of the molecule is NC(CCC(=O)O)C(=O)Nc1cc(Br)ccc1C(=O)O. The summed E-state index contributed by atoms with van der Waals surface area (Å²) in [5.41, 5.74) is 5.57. The number of carboxylic acid groups (broad SMARTS) is 2. The summed E-state index contributed by atoms with van der Waals surface area (Å²) in [6.07, 6.45) is -0.267. The molecule has 0 bridgehead atoms. The van der Waals surface area contributed by atoms with Gasteiger partial charge in [-0.2, -0.15) is 0 Å². The molecule has 0 aliphatic rings. The van der Waals surface area contributed by atoms with Crippen LogP contribution in [0.5, 0.6) is 0 Å². The molecule has 0 heterocycles. The fraction of sp³-hybridized carbons (Fsp3) is 0.250. The average Bonchev–Trinajstić information content (AvgIpc) is 2.35. The highest BCUT2D eigenvalue weighted by atomic mass is 79.9. The predicted molar refractivity (Wildman–Crippen MR) is 74.6 cm³/mol. The van der Waals surface area contributed by atoms with Crippen LogP contribution in [0.15, 0.2) is 22.7 Å². The molecule has 1 aromatic rings. The van der Waals surface area contributed by atoms with Crippen molar-refractivity contribution in [2.75, 3.05) is 5.32 Å². The zero-order valence-corrected chi connectivity index (χ0v) is 11.9. The molecule has 8 heteroatoms. The van der Waals surface area contributed by atoms with Gasteiger partial charge in [0.25, 0.3) is 0 Å². The second kappa shape index (κ2) is 7.01. The predicted octanol–water partition coefficient (Wildman–Crippen LogP) is 1.28. The summed E-state index contributed by atoms with van der Waals surface area (Å²) in [6.45, 7) is 0. The van der Waals surface area contributed by atoms with E-state index in [-0.39, 0.29) is 24.1 Å². The van der Waals surface area contributed by atoms with Gasteiger partial charge in [0, 0.05) is 10.9 Å². The molecular weight excluding hydrogens is 332 g/mol. The molecule has 108 valence electrons. The highest BCUT2D eigenvalue weighted by Crippen LogP contribution is 2.21. The Hall–Kier alpha value is -1.93. The van der Waals surface area contributed by atoms with Gasteiger partial charge in [-0.3, -0.25) is 9.59 Å². The molecule has 7 nitrogen and oxygen atoms in total. The van der Waals surface area contributed by atoms with Crippen LogP contribution in [0.25, 0.3) is 0 Å². The first-order valence-electron chi connectivity index (χ1n) is 5.62. The van der Waals surface area contributed by atoms with E-state index in [1.807, 2.05) is 0 Å². The number of carbonyl (C=O) groups excluding carboxylic acids is 1. The van der Waals surface area contributed by atoms with Crippen LogP contribution in [-0.4, -0.2) is 34.1 Å². The van der Waals surface area contributed by atoms with Crippen LogP contribution in [-0.2, 0) is 9.59 Å². The van der Waals surface area contributed by atoms with E-state index in [4.69, 9.17) is 15.9 Å². The van der Waals surface area contributed by atoms with E-state index in [0.717, 1.165) is 0 Å². The molecular formula is C12H13BrN2O5. The normalized spacial score (nSPS) is 11.7. The summed E-state index contributed by atoms with van der Waals surface area (Å²) in [6, 6.07) is 3.28. The lowest BCUT2D eigenvalue weighted by atomic mass is 10.1. The molecule has 0 saturated heterocycles. The largest absolute Gasteiger partial charge is 0.481 e. The minimum atomic E-state index is -1.19. The number of carbonyl (C=O) groups is 3. The van der Waals surface area contributed by atoms with Crippen molar-refractivity contribution in [3.63, 3.8) is 0 Å². The smallest absolute Gasteiger partial charge is 0.337 e. The van der Waals surface area contributed by atoms with Crippen LogP contribution >= 0.6 is 15.9 Å². The van der Waals surface area contributed by atoms with Crippen molar-refractivity contribution >= 4 is 39.5 Å². The molecule has 1 unspecified atom stereocenters. The van der Waals surface area contributed by atoms with E-state index in [2.05, 4.69) is 21.2 Å². The molecule has 0 aliphatic carbocycles. The number of aromatic carboxylic acids is 1. The van der Waals surface area contributed by atoms with E-state index in [0.29, 0.717) is 4.47 Å². The molecule has 1 amide bonds. The third-order valence-electron chi connectivity index (χ3n) is 2.48. The van der Waals surface area contributed by atoms with E-state index >= 15 is 0 Å². The van der Waals surface area contributed by atoms with Gasteiger partial charge in [0.2, 0.25) is 5.91 Å². The Morgan fingerprint density at radius 2 is 1.95 bits per heavy atom. The van der Waals surface area contributed by atoms with E-state index in [9.17, 15) is 14.4 Å². The van der Waals surface area contributed by atoms with E-state index < -0.39 is 23.9 Å². The fourth-order valence-corrected chi connectivity index (χ4v) is 1.80. The van der Waals surface area contributed by atoms with Crippen molar-refractivity contribution in [3.8, 4) is 0 Å². The minimum Gasteiger partial charge on any atom is -0.481 e. The van der Waals surface area contributed by atoms with Crippen LogP contribution in [0, 0.1) is 0 Å². The standard InChI is InChI=1S/C12H13BrN2O5/c13-6-1-2-7(12(19)20)9(5-6)15-11(18)8(14)3-4-10(16)17/h1-2,5,8H,3-4,14H2,(H,15,18)(H,16,17)(H,19,20).